The highest BCUT2D eigenvalue weighted by molar-refractivity contribution is 5.99. The van der Waals surface area contributed by atoms with Crippen molar-refractivity contribution in [1.29, 1.82) is 0 Å². The number of carboxylic acid groups (broad SMARTS) is 1. The van der Waals surface area contributed by atoms with Gasteiger partial charge in [0.15, 0.2) is 0 Å². The fourth-order valence-corrected chi connectivity index (χ4v) is 2.04. The quantitative estimate of drug-likeness (QED) is 0.745. The highest BCUT2D eigenvalue weighted by atomic mass is 16.4. The Morgan fingerprint density at radius 3 is 2.48 bits per heavy atom. The Hall–Kier alpha value is -2.37. The second-order valence-electron chi connectivity index (χ2n) is 5.01. The molecule has 0 bridgehead atoms. The molecule has 2 amide bonds. The van der Waals surface area contributed by atoms with Gasteiger partial charge in [0.25, 0.3) is 5.91 Å². The van der Waals surface area contributed by atoms with E-state index in [0.29, 0.717) is 16.8 Å². The Labute approximate surface area is 123 Å². The molecule has 0 saturated carbocycles. The summed E-state index contributed by atoms with van der Waals surface area (Å²) in [5, 5.41) is 13.9. The van der Waals surface area contributed by atoms with E-state index in [4.69, 9.17) is 5.11 Å². The van der Waals surface area contributed by atoms with Crippen LogP contribution in [0.1, 0.15) is 35.7 Å². The first-order valence-corrected chi connectivity index (χ1v) is 6.68. The summed E-state index contributed by atoms with van der Waals surface area (Å²) < 4.78 is 0. The van der Waals surface area contributed by atoms with Crippen molar-refractivity contribution in [2.45, 2.75) is 26.7 Å². The van der Waals surface area contributed by atoms with Gasteiger partial charge in [0.05, 0.1) is 0 Å². The normalized spacial score (nSPS) is 11.6. The van der Waals surface area contributed by atoms with Crippen molar-refractivity contribution < 1.29 is 19.5 Å². The van der Waals surface area contributed by atoms with Crippen molar-refractivity contribution in [2.75, 3.05) is 12.4 Å². The number of amides is 2. The van der Waals surface area contributed by atoms with E-state index in [-0.39, 0.29) is 30.6 Å². The number of rotatable bonds is 6. The molecule has 1 aromatic rings. The number of hydrogen-bond donors (Lipinski definition) is 3. The second-order valence-corrected chi connectivity index (χ2v) is 5.01. The maximum absolute atomic E-state index is 11.9. The molecule has 1 atom stereocenters. The summed E-state index contributed by atoms with van der Waals surface area (Å²) in [4.78, 5) is 34.2. The molecule has 0 heterocycles. The van der Waals surface area contributed by atoms with Gasteiger partial charge >= 0.3 is 5.97 Å². The number of anilines is 1. The lowest BCUT2D eigenvalue weighted by atomic mass is 10.0. The summed E-state index contributed by atoms with van der Waals surface area (Å²) in [7, 11) is 1.54. The number of hydrogen-bond acceptors (Lipinski definition) is 3. The first-order chi connectivity index (χ1) is 9.85. The van der Waals surface area contributed by atoms with Crippen molar-refractivity contribution in [3.63, 3.8) is 0 Å². The molecule has 6 heteroatoms. The van der Waals surface area contributed by atoms with E-state index < -0.39 is 5.97 Å². The number of aliphatic carboxylic acids is 1. The van der Waals surface area contributed by atoms with Crippen molar-refractivity contribution >= 4 is 23.5 Å². The van der Waals surface area contributed by atoms with Crippen LogP contribution in [0.5, 0.6) is 0 Å². The molecule has 0 aliphatic heterocycles. The summed E-state index contributed by atoms with van der Waals surface area (Å²) in [5.74, 6) is -1.65. The topological polar surface area (TPSA) is 95.5 Å². The Morgan fingerprint density at radius 1 is 1.24 bits per heavy atom. The number of carbonyl (C=O) groups is 3. The highest BCUT2D eigenvalue weighted by Crippen LogP contribution is 2.20. The zero-order valence-corrected chi connectivity index (χ0v) is 12.4. The third-order valence-electron chi connectivity index (χ3n) is 3.14. The molecular formula is C15H20N2O4. The maximum atomic E-state index is 11.9. The van der Waals surface area contributed by atoms with Crippen molar-refractivity contribution in [2.24, 2.45) is 5.92 Å². The predicted octanol–water partition coefficient (Wildman–Crippen LogP) is 1.79. The van der Waals surface area contributed by atoms with E-state index >= 15 is 0 Å². The SMILES string of the molecule is CNC(=O)c1cccc(NC(=O)CC(C)CC(=O)O)c1C. The fraction of sp³-hybridized carbons (Fsp3) is 0.400. The number of carbonyl (C=O) groups excluding carboxylic acids is 2. The zero-order chi connectivity index (χ0) is 16.0. The lowest BCUT2D eigenvalue weighted by molar-refractivity contribution is -0.138. The Kier molecular flexibility index (Phi) is 5.90. The maximum Gasteiger partial charge on any atom is 0.303 e. The van der Waals surface area contributed by atoms with Gasteiger partial charge in [0, 0.05) is 31.1 Å². The largest absolute Gasteiger partial charge is 0.481 e. The standard InChI is InChI=1S/C15H20N2O4/c1-9(8-14(19)20)7-13(18)17-12-6-4-5-11(10(12)2)15(21)16-3/h4-6,9H,7-8H2,1-3H3,(H,16,21)(H,17,18)(H,19,20). The summed E-state index contributed by atoms with van der Waals surface area (Å²) >= 11 is 0. The number of nitrogens with one attached hydrogen (secondary N) is 2. The van der Waals surface area contributed by atoms with Crippen LogP contribution in [0.25, 0.3) is 0 Å². The summed E-state index contributed by atoms with van der Waals surface area (Å²) in [6.07, 6.45) is 0.0701. The van der Waals surface area contributed by atoms with Crippen LogP contribution >= 0.6 is 0 Å². The minimum absolute atomic E-state index is 0.0509. The van der Waals surface area contributed by atoms with Crippen LogP contribution in [0.4, 0.5) is 5.69 Å². The minimum Gasteiger partial charge on any atom is -0.481 e. The van der Waals surface area contributed by atoms with Crippen LogP contribution in [0.3, 0.4) is 0 Å². The van der Waals surface area contributed by atoms with Crippen LogP contribution in [0, 0.1) is 12.8 Å². The van der Waals surface area contributed by atoms with Crippen LogP contribution in [0.2, 0.25) is 0 Å². The lowest BCUT2D eigenvalue weighted by Gasteiger charge is -2.13. The lowest BCUT2D eigenvalue weighted by Crippen LogP contribution is -2.21. The monoisotopic (exact) mass is 292 g/mol. The van der Waals surface area contributed by atoms with Crippen LogP contribution in [0.15, 0.2) is 18.2 Å². The zero-order valence-electron chi connectivity index (χ0n) is 12.4. The molecule has 3 N–H and O–H groups in total. The molecule has 1 unspecified atom stereocenters. The minimum atomic E-state index is -0.923. The second kappa shape index (κ2) is 7.42. The van der Waals surface area contributed by atoms with Gasteiger partial charge in [-0.05, 0) is 30.5 Å². The van der Waals surface area contributed by atoms with Gasteiger partial charge in [-0.1, -0.05) is 13.0 Å². The van der Waals surface area contributed by atoms with Gasteiger partial charge in [-0.3, -0.25) is 14.4 Å². The summed E-state index contributed by atoms with van der Waals surface area (Å²) in [6.45, 7) is 3.46. The molecule has 6 nitrogen and oxygen atoms in total. The predicted molar refractivity (Wildman–Crippen MR) is 79.2 cm³/mol. The molecule has 21 heavy (non-hydrogen) atoms. The molecule has 0 aromatic heterocycles. The Balaban J connectivity index is 2.77. The Bertz CT molecular complexity index is 555. The molecule has 0 fully saturated rings. The average Bonchev–Trinajstić information content (AvgIpc) is 2.39. The van der Waals surface area contributed by atoms with Crippen molar-refractivity contribution in [1.82, 2.24) is 5.32 Å². The first-order valence-electron chi connectivity index (χ1n) is 6.68. The van der Waals surface area contributed by atoms with Crippen LogP contribution in [-0.2, 0) is 9.59 Å². The van der Waals surface area contributed by atoms with Gasteiger partial charge in [-0.2, -0.15) is 0 Å². The molecule has 114 valence electrons. The molecule has 1 aromatic carbocycles. The van der Waals surface area contributed by atoms with E-state index in [9.17, 15) is 14.4 Å². The van der Waals surface area contributed by atoms with E-state index in [0.717, 1.165) is 0 Å². The molecule has 0 aliphatic rings. The van der Waals surface area contributed by atoms with Gasteiger partial charge in [0.2, 0.25) is 5.91 Å². The smallest absolute Gasteiger partial charge is 0.303 e. The molecule has 0 aliphatic carbocycles. The van der Waals surface area contributed by atoms with Crippen LogP contribution in [-0.4, -0.2) is 29.9 Å². The van der Waals surface area contributed by atoms with Crippen LogP contribution < -0.4 is 10.6 Å². The van der Waals surface area contributed by atoms with Gasteiger partial charge < -0.3 is 15.7 Å². The first kappa shape index (κ1) is 16.7. The molecule has 0 saturated heterocycles. The Morgan fingerprint density at radius 2 is 1.90 bits per heavy atom. The molecule has 0 radical (unpaired) electrons. The van der Waals surface area contributed by atoms with E-state index in [1.54, 1.807) is 39.1 Å². The van der Waals surface area contributed by atoms with Crippen molar-refractivity contribution in [3.8, 4) is 0 Å². The fourth-order valence-electron chi connectivity index (χ4n) is 2.04. The third kappa shape index (κ3) is 4.91. The average molecular weight is 292 g/mol. The van der Waals surface area contributed by atoms with Gasteiger partial charge in [0.1, 0.15) is 0 Å². The summed E-state index contributed by atoms with van der Waals surface area (Å²) in [6, 6.07) is 5.08. The van der Waals surface area contributed by atoms with E-state index in [1.807, 2.05) is 0 Å². The molecular weight excluding hydrogens is 272 g/mol. The third-order valence-corrected chi connectivity index (χ3v) is 3.14. The molecule has 0 spiro atoms. The number of benzene rings is 1. The highest BCUT2D eigenvalue weighted by Gasteiger charge is 2.15. The van der Waals surface area contributed by atoms with Gasteiger partial charge in [-0.25, -0.2) is 0 Å². The van der Waals surface area contributed by atoms with Gasteiger partial charge in [-0.15, -0.1) is 0 Å². The molecule has 1 rings (SSSR count). The van der Waals surface area contributed by atoms with E-state index in [2.05, 4.69) is 10.6 Å². The summed E-state index contributed by atoms with van der Waals surface area (Å²) in [5.41, 5.74) is 1.73. The number of carboxylic acids is 1. The van der Waals surface area contributed by atoms with E-state index in [1.165, 1.54) is 0 Å². The van der Waals surface area contributed by atoms with Crippen molar-refractivity contribution in [3.05, 3.63) is 29.3 Å².